The molecule has 1 aromatic heterocycles. The number of hydrogen-bond donors (Lipinski definition) is 1. The second-order valence-electron chi connectivity index (χ2n) is 5.32. The summed E-state index contributed by atoms with van der Waals surface area (Å²) in [6, 6.07) is 8.83. The van der Waals surface area contributed by atoms with Crippen molar-refractivity contribution in [1.29, 1.82) is 0 Å². The number of nitrogens with zero attached hydrogens (tertiary/aromatic N) is 2. The molecule has 7 heteroatoms. The molecule has 24 heavy (non-hydrogen) atoms. The molecule has 0 atom stereocenters. The normalized spacial score (nSPS) is 10.5. The quantitative estimate of drug-likeness (QED) is 0.783. The molecule has 1 aromatic carbocycles. The molecule has 1 heterocycles. The molecule has 2 rings (SSSR count). The number of aliphatic carboxylic acids is 1. The SMILES string of the molecule is CCn1cc(Br)cc1C(=O)N(C)Cc1ccc(OCC(=O)O)cc1. The van der Waals surface area contributed by atoms with Gasteiger partial charge in [0.2, 0.25) is 0 Å². The van der Waals surface area contributed by atoms with E-state index in [1.54, 1.807) is 24.1 Å². The van der Waals surface area contributed by atoms with Crippen LogP contribution in [0.15, 0.2) is 41.0 Å². The Morgan fingerprint density at radius 3 is 2.54 bits per heavy atom. The van der Waals surface area contributed by atoms with E-state index in [4.69, 9.17) is 9.84 Å². The Kier molecular flexibility index (Phi) is 6.03. The number of aryl methyl sites for hydroxylation is 1. The van der Waals surface area contributed by atoms with Crippen LogP contribution in [0.25, 0.3) is 0 Å². The Morgan fingerprint density at radius 1 is 1.29 bits per heavy atom. The Bertz CT molecular complexity index is 725. The molecular weight excluding hydrogens is 376 g/mol. The molecule has 0 aliphatic carbocycles. The van der Waals surface area contributed by atoms with Gasteiger partial charge in [-0.15, -0.1) is 0 Å². The third-order valence-corrected chi connectivity index (χ3v) is 3.91. The second kappa shape index (κ2) is 8.01. The summed E-state index contributed by atoms with van der Waals surface area (Å²) in [7, 11) is 1.75. The molecule has 0 spiro atoms. The minimum Gasteiger partial charge on any atom is -0.482 e. The zero-order valence-electron chi connectivity index (χ0n) is 13.5. The van der Waals surface area contributed by atoms with E-state index in [9.17, 15) is 9.59 Å². The fraction of sp³-hybridized carbons (Fsp3) is 0.294. The van der Waals surface area contributed by atoms with Crippen molar-refractivity contribution in [2.75, 3.05) is 13.7 Å². The first-order chi connectivity index (χ1) is 11.4. The molecule has 128 valence electrons. The van der Waals surface area contributed by atoms with Crippen LogP contribution in [0.5, 0.6) is 5.75 Å². The maximum atomic E-state index is 12.6. The van der Waals surface area contributed by atoms with Crippen molar-refractivity contribution >= 4 is 27.8 Å². The molecule has 0 bridgehead atoms. The monoisotopic (exact) mass is 394 g/mol. The molecule has 0 radical (unpaired) electrons. The third-order valence-electron chi connectivity index (χ3n) is 3.48. The minimum atomic E-state index is -1.02. The van der Waals surface area contributed by atoms with Crippen molar-refractivity contribution < 1.29 is 19.4 Å². The van der Waals surface area contributed by atoms with Crippen LogP contribution in [-0.2, 0) is 17.9 Å². The smallest absolute Gasteiger partial charge is 0.341 e. The summed E-state index contributed by atoms with van der Waals surface area (Å²) in [4.78, 5) is 24.7. The summed E-state index contributed by atoms with van der Waals surface area (Å²) in [6.07, 6.45) is 1.88. The van der Waals surface area contributed by atoms with E-state index in [0.717, 1.165) is 16.6 Å². The highest BCUT2D eigenvalue weighted by molar-refractivity contribution is 9.10. The summed E-state index contributed by atoms with van der Waals surface area (Å²) in [5, 5.41) is 8.59. The van der Waals surface area contributed by atoms with Gasteiger partial charge in [0.1, 0.15) is 11.4 Å². The number of rotatable bonds is 7. The number of hydrogen-bond acceptors (Lipinski definition) is 3. The lowest BCUT2D eigenvalue weighted by Crippen LogP contribution is -2.28. The van der Waals surface area contributed by atoms with Gasteiger partial charge in [-0.1, -0.05) is 12.1 Å². The molecular formula is C17H19BrN2O4. The number of amides is 1. The van der Waals surface area contributed by atoms with Crippen molar-refractivity contribution in [3.8, 4) is 5.75 Å². The number of carboxylic acid groups (broad SMARTS) is 1. The molecule has 0 aliphatic heterocycles. The first-order valence-corrected chi connectivity index (χ1v) is 8.24. The average Bonchev–Trinajstić information content (AvgIpc) is 2.94. The number of ether oxygens (including phenoxy) is 1. The van der Waals surface area contributed by atoms with Gasteiger partial charge in [-0.2, -0.15) is 0 Å². The number of benzene rings is 1. The van der Waals surface area contributed by atoms with Crippen LogP contribution in [-0.4, -0.2) is 40.1 Å². The van der Waals surface area contributed by atoms with Crippen molar-refractivity contribution in [3.05, 3.63) is 52.3 Å². The van der Waals surface area contributed by atoms with Gasteiger partial charge in [-0.25, -0.2) is 4.79 Å². The van der Waals surface area contributed by atoms with Crippen molar-refractivity contribution in [2.45, 2.75) is 20.0 Å². The Labute approximate surface area is 148 Å². The maximum absolute atomic E-state index is 12.6. The van der Waals surface area contributed by atoms with E-state index < -0.39 is 5.97 Å². The number of carbonyl (C=O) groups is 2. The molecule has 1 N–H and O–H groups in total. The van der Waals surface area contributed by atoms with Gasteiger partial charge in [-0.05, 0) is 46.6 Å². The molecule has 2 aromatic rings. The van der Waals surface area contributed by atoms with Gasteiger partial charge < -0.3 is 19.3 Å². The Balaban J connectivity index is 2.02. The first-order valence-electron chi connectivity index (χ1n) is 7.45. The fourth-order valence-electron chi connectivity index (χ4n) is 2.29. The molecule has 0 aliphatic rings. The van der Waals surface area contributed by atoms with E-state index in [0.29, 0.717) is 18.0 Å². The van der Waals surface area contributed by atoms with Gasteiger partial charge >= 0.3 is 5.97 Å². The zero-order valence-corrected chi connectivity index (χ0v) is 15.1. The summed E-state index contributed by atoms with van der Waals surface area (Å²) < 4.78 is 7.86. The van der Waals surface area contributed by atoms with Crippen molar-refractivity contribution in [2.24, 2.45) is 0 Å². The maximum Gasteiger partial charge on any atom is 0.341 e. The highest BCUT2D eigenvalue weighted by Crippen LogP contribution is 2.18. The summed E-state index contributed by atoms with van der Waals surface area (Å²) in [6.45, 7) is 2.78. The van der Waals surface area contributed by atoms with Crippen LogP contribution in [0.1, 0.15) is 23.0 Å². The van der Waals surface area contributed by atoms with Crippen LogP contribution in [0.2, 0.25) is 0 Å². The minimum absolute atomic E-state index is 0.0613. The standard InChI is InChI=1S/C17H19BrN2O4/c1-3-20-10-13(18)8-15(20)17(23)19(2)9-12-4-6-14(7-5-12)24-11-16(21)22/h4-8,10H,3,9,11H2,1-2H3,(H,21,22). The Morgan fingerprint density at radius 2 is 1.96 bits per heavy atom. The van der Waals surface area contributed by atoms with E-state index >= 15 is 0 Å². The fourth-order valence-corrected chi connectivity index (χ4v) is 2.76. The average molecular weight is 395 g/mol. The Hall–Kier alpha value is -2.28. The topological polar surface area (TPSA) is 71.8 Å². The lowest BCUT2D eigenvalue weighted by molar-refractivity contribution is -0.139. The van der Waals surface area contributed by atoms with Gasteiger partial charge in [0, 0.05) is 30.8 Å². The molecule has 0 fully saturated rings. The lowest BCUT2D eigenvalue weighted by atomic mass is 10.2. The van der Waals surface area contributed by atoms with Crippen LogP contribution in [0, 0.1) is 0 Å². The molecule has 6 nitrogen and oxygen atoms in total. The highest BCUT2D eigenvalue weighted by atomic mass is 79.9. The highest BCUT2D eigenvalue weighted by Gasteiger charge is 2.17. The first kappa shape index (κ1) is 18.1. The summed E-state index contributed by atoms with van der Waals surface area (Å²) >= 11 is 3.39. The second-order valence-corrected chi connectivity index (χ2v) is 6.23. The molecule has 0 saturated carbocycles. The zero-order chi connectivity index (χ0) is 17.7. The van der Waals surface area contributed by atoms with Crippen LogP contribution in [0.4, 0.5) is 0 Å². The van der Waals surface area contributed by atoms with Gasteiger partial charge in [0.15, 0.2) is 6.61 Å². The predicted octanol–water partition coefficient (Wildman–Crippen LogP) is 3.01. The van der Waals surface area contributed by atoms with Gasteiger partial charge in [0.05, 0.1) is 0 Å². The van der Waals surface area contributed by atoms with Crippen molar-refractivity contribution in [3.63, 3.8) is 0 Å². The molecule has 0 saturated heterocycles. The van der Waals surface area contributed by atoms with Gasteiger partial charge in [0.25, 0.3) is 5.91 Å². The molecule has 0 unspecified atom stereocenters. The van der Waals surface area contributed by atoms with E-state index in [1.165, 1.54) is 0 Å². The molecule has 1 amide bonds. The predicted molar refractivity (Wildman–Crippen MR) is 93.2 cm³/mol. The van der Waals surface area contributed by atoms with Crippen LogP contribution in [0.3, 0.4) is 0 Å². The number of aromatic nitrogens is 1. The lowest BCUT2D eigenvalue weighted by Gasteiger charge is -2.18. The van der Waals surface area contributed by atoms with Crippen molar-refractivity contribution in [1.82, 2.24) is 9.47 Å². The summed E-state index contributed by atoms with van der Waals surface area (Å²) in [5.74, 6) is -0.595. The van der Waals surface area contributed by atoms with Gasteiger partial charge in [-0.3, -0.25) is 4.79 Å². The third kappa shape index (κ3) is 4.61. The number of halogens is 1. The van der Waals surface area contributed by atoms with E-state index in [2.05, 4.69) is 15.9 Å². The van der Waals surface area contributed by atoms with Crippen LogP contribution >= 0.6 is 15.9 Å². The summed E-state index contributed by atoms with van der Waals surface area (Å²) in [5.41, 5.74) is 1.57. The van der Waals surface area contributed by atoms with Crippen LogP contribution < -0.4 is 4.74 Å². The largest absolute Gasteiger partial charge is 0.482 e. The van der Waals surface area contributed by atoms with E-state index in [1.807, 2.05) is 35.9 Å². The van der Waals surface area contributed by atoms with E-state index in [-0.39, 0.29) is 12.5 Å². The number of carbonyl (C=O) groups excluding carboxylic acids is 1. The number of carboxylic acids is 1.